The zero-order valence-electron chi connectivity index (χ0n) is 10.4. The largest absolute Gasteiger partial charge is 0.508 e. The molecule has 0 saturated heterocycles. The van der Waals surface area contributed by atoms with Crippen molar-refractivity contribution in [2.75, 3.05) is 6.54 Å². The van der Waals surface area contributed by atoms with Gasteiger partial charge in [0, 0.05) is 6.54 Å². The van der Waals surface area contributed by atoms with E-state index < -0.39 is 6.10 Å². The van der Waals surface area contributed by atoms with Gasteiger partial charge in [-0.15, -0.1) is 0 Å². The minimum Gasteiger partial charge on any atom is -0.508 e. The topological polar surface area (TPSA) is 66.5 Å². The number of aliphatic hydroxyl groups excluding tert-OH is 1. The molecule has 0 aliphatic rings. The van der Waals surface area contributed by atoms with Crippen molar-refractivity contribution >= 4 is 0 Å². The van der Waals surface area contributed by atoms with E-state index in [9.17, 15) is 10.2 Å². The van der Waals surface area contributed by atoms with Crippen molar-refractivity contribution in [1.29, 1.82) is 0 Å². The zero-order valence-corrected chi connectivity index (χ0v) is 10.4. The molecule has 0 saturated carbocycles. The van der Waals surface area contributed by atoms with Crippen LogP contribution in [0.1, 0.15) is 43.6 Å². The Balaban J connectivity index is 3.33. The molecule has 1 aromatic carbocycles. The molecular weight excluding hydrogens is 202 g/mol. The highest BCUT2D eigenvalue weighted by Gasteiger charge is 2.21. The molecule has 4 N–H and O–H groups in total. The lowest BCUT2D eigenvalue weighted by molar-refractivity contribution is 0.185. The molecule has 0 aliphatic carbocycles. The smallest absolute Gasteiger partial charge is 0.119 e. The zero-order chi connectivity index (χ0) is 12.5. The number of nitrogens with two attached hydrogens (primary N) is 1. The van der Waals surface area contributed by atoms with Gasteiger partial charge >= 0.3 is 0 Å². The standard InChI is InChI=1S/C13H21NO2/c1-8-5-11(15)10(13(2,3)4)6-9(8)12(16)7-14/h5-6,12,15-16H,7,14H2,1-4H3. The Labute approximate surface area is 96.9 Å². The average Bonchev–Trinajstić information content (AvgIpc) is 2.14. The number of phenolic OH excluding ortho intramolecular Hbond substituents is 1. The fourth-order valence-electron chi connectivity index (χ4n) is 1.80. The van der Waals surface area contributed by atoms with Crippen LogP contribution in [0.15, 0.2) is 12.1 Å². The van der Waals surface area contributed by atoms with Gasteiger partial charge in [-0.25, -0.2) is 0 Å². The number of phenols is 1. The molecule has 0 heterocycles. The Morgan fingerprint density at radius 2 is 1.88 bits per heavy atom. The van der Waals surface area contributed by atoms with Crippen molar-refractivity contribution in [1.82, 2.24) is 0 Å². The number of hydrogen-bond donors (Lipinski definition) is 3. The first kappa shape index (κ1) is 13.0. The molecule has 90 valence electrons. The van der Waals surface area contributed by atoms with E-state index in [4.69, 9.17) is 5.73 Å². The first-order valence-electron chi connectivity index (χ1n) is 5.49. The highest BCUT2D eigenvalue weighted by atomic mass is 16.3. The van der Waals surface area contributed by atoms with Crippen LogP contribution >= 0.6 is 0 Å². The third-order valence-corrected chi connectivity index (χ3v) is 2.77. The van der Waals surface area contributed by atoms with E-state index in [2.05, 4.69) is 0 Å². The van der Waals surface area contributed by atoms with Crippen LogP contribution in [0.25, 0.3) is 0 Å². The molecule has 1 rings (SSSR count). The SMILES string of the molecule is Cc1cc(O)c(C(C)(C)C)cc1C(O)CN. The summed E-state index contributed by atoms with van der Waals surface area (Å²) in [7, 11) is 0. The van der Waals surface area contributed by atoms with Crippen LogP contribution in [0.3, 0.4) is 0 Å². The summed E-state index contributed by atoms with van der Waals surface area (Å²) in [4.78, 5) is 0. The fourth-order valence-corrected chi connectivity index (χ4v) is 1.80. The highest BCUT2D eigenvalue weighted by Crippen LogP contribution is 2.34. The number of hydrogen-bond acceptors (Lipinski definition) is 3. The molecular formula is C13H21NO2. The van der Waals surface area contributed by atoms with Crippen molar-refractivity contribution in [3.05, 3.63) is 28.8 Å². The van der Waals surface area contributed by atoms with Crippen molar-refractivity contribution < 1.29 is 10.2 Å². The average molecular weight is 223 g/mol. The molecule has 0 amide bonds. The molecule has 1 atom stereocenters. The van der Waals surface area contributed by atoms with E-state index >= 15 is 0 Å². The number of aryl methyl sites for hydroxylation is 1. The van der Waals surface area contributed by atoms with Crippen molar-refractivity contribution in [2.24, 2.45) is 5.73 Å². The number of aliphatic hydroxyl groups is 1. The van der Waals surface area contributed by atoms with Crippen LogP contribution in [-0.2, 0) is 5.41 Å². The maximum absolute atomic E-state index is 9.89. The molecule has 0 aromatic heterocycles. The molecule has 0 bridgehead atoms. The van der Waals surface area contributed by atoms with Gasteiger partial charge in [0.15, 0.2) is 0 Å². The third-order valence-electron chi connectivity index (χ3n) is 2.77. The summed E-state index contributed by atoms with van der Waals surface area (Å²) in [5.74, 6) is 0.276. The second-order valence-corrected chi connectivity index (χ2v) is 5.23. The van der Waals surface area contributed by atoms with Gasteiger partial charge in [0.1, 0.15) is 5.75 Å². The van der Waals surface area contributed by atoms with Crippen LogP contribution in [0.2, 0.25) is 0 Å². The normalized spacial score (nSPS) is 13.9. The van der Waals surface area contributed by atoms with Gasteiger partial charge in [-0.1, -0.05) is 20.8 Å². The van der Waals surface area contributed by atoms with Crippen LogP contribution in [0, 0.1) is 6.92 Å². The number of aromatic hydroxyl groups is 1. The minimum absolute atomic E-state index is 0.152. The van der Waals surface area contributed by atoms with Gasteiger partial charge in [0.2, 0.25) is 0 Å². The highest BCUT2D eigenvalue weighted by molar-refractivity contribution is 5.45. The molecule has 16 heavy (non-hydrogen) atoms. The van der Waals surface area contributed by atoms with Gasteiger partial charge < -0.3 is 15.9 Å². The molecule has 0 radical (unpaired) electrons. The number of benzene rings is 1. The van der Waals surface area contributed by atoms with E-state index in [0.717, 1.165) is 16.7 Å². The van der Waals surface area contributed by atoms with E-state index in [1.54, 1.807) is 6.07 Å². The molecule has 3 nitrogen and oxygen atoms in total. The molecule has 0 aliphatic heterocycles. The fraction of sp³-hybridized carbons (Fsp3) is 0.538. The van der Waals surface area contributed by atoms with Crippen molar-refractivity contribution in [3.8, 4) is 5.75 Å². The third kappa shape index (κ3) is 2.54. The summed E-state index contributed by atoms with van der Waals surface area (Å²) in [6, 6.07) is 3.54. The summed E-state index contributed by atoms with van der Waals surface area (Å²) >= 11 is 0. The Morgan fingerprint density at radius 1 is 1.31 bits per heavy atom. The second kappa shape index (κ2) is 4.44. The minimum atomic E-state index is -0.665. The summed E-state index contributed by atoms with van der Waals surface area (Å²) in [6.45, 7) is 8.12. The van der Waals surface area contributed by atoms with Crippen LogP contribution in [-0.4, -0.2) is 16.8 Å². The van der Waals surface area contributed by atoms with E-state index in [-0.39, 0.29) is 17.7 Å². The van der Waals surface area contributed by atoms with E-state index in [0.29, 0.717) is 0 Å². The van der Waals surface area contributed by atoms with Crippen molar-refractivity contribution in [3.63, 3.8) is 0 Å². The first-order valence-corrected chi connectivity index (χ1v) is 5.49. The van der Waals surface area contributed by atoms with Crippen molar-refractivity contribution in [2.45, 2.75) is 39.2 Å². The maximum atomic E-state index is 9.89. The molecule has 3 heteroatoms. The summed E-state index contributed by atoms with van der Waals surface area (Å²) in [5.41, 5.74) is 7.80. The maximum Gasteiger partial charge on any atom is 0.119 e. The van der Waals surface area contributed by atoms with Gasteiger partial charge in [0.05, 0.1) is 6.10 Å². The van der Waals surface area contributed by atoms with Crippen LogP contribution < -0.4 is 5.73 Å². The van der Waals surface area contributed by atoms with Crippen LogP contribution in [0.5, 0.6) is 5.75 Å². The Hall–Kier alpha value is -1.06. The Morgan fingerprint density at radius 3 is 2.31 bits per heavy atom. The summed E-state index contributed by atoms with van der Waals surface area (Å²) < 4.78 is 0. The van der Waals surface area contributed by atoms with E-state index in [1.807, 2.05) is 33.8 Å². The molecule has 1 unspecified atom stereocenters. The van der Waals surface area contributed by atoms with Gasteiger partial charge in [0.25, 0.3) is 0 Å². The predicted molar refractivity (Wildman–Crippen MR) is 65.6 cm³/mol. The lowest BCUT2D eigenvalue weighted by Crippen LogP contribution is -2.16. The molecule has 0 spiro atoms. The van der Waals surface area contributed by atoms with E-state index in [1.165, 1.54) is 0 Å². The predicted octanol–water partition coefficient (Wildman–Crippen LogP) is 1.99. The quantitative estimate of drug-likeness (QED) is 0.718. The van der Waals surface area contributed by atoms with Gasteiger partial charge in [-0.2, -0.15) is 0 Å². The van der Waals surface area contributed by atoms with Gasteiger partial charge in [-0.05, 0) is 41.2 Å². The lowest BCUT2D eigenvalue weighted by atomic mass is 9.83. The lowest BCUT2D eigenvalue weighted by Gasteiger charge is -2.23. The Kier molecular flexibility index (Phi) is 3.61. The second-order valence-electron chi connectivity index (χ2n) is 5.23. The number of rotatable bonds is 2. The summed E-state index contributed by atoms with van der Waals surface area (Å²) in [6.07, 6.45) is -0.665. The molecule has 0 fully saturated rings. The van der Waals surface area contributed by atoms with Gasteiger partial charge in [-0.3, -0.25) is 0 Å². The summed E-state index contributed by atoms with van der Waals surface area (Å²) in [5, 5.41) is 19.7. The Bertz CT molecular complexity index is 380. The van der Waals surface area contributed by atoms with Crippen LogP contribution in [0.4, 0.5) is 0 Å². The first-order chi connectivity index (χ1) is 7.27. The monoisotopic (exact) mass is 223 g/mol. The molecule has 1 aromatic rings.